The molecule has 2 aliphatic rings. The summed E-state index contributed by atoms with van der Waals surface area (Å²) in [7, 11) is 0. The summed E-state index contributed by atoms with van der Waals surface area (Å²) in [5.41, 5.74) is 0. The molecule has 2 heterocycles. The highest BCUT2D eigenvalue weighted by atomic mass is 32.2. The monoisotopic (exact) mass is 460 g/mol. The van der Waals surface area contributed by atoms with Crippen molar-refractivity contribution in [3.8, 4) is 0 Å². The fourth-order valence-corrected chi connectivity index (χ4v) is 9.09. The molecule has 5 heteroatoms. The molecular formula is C22H36S5. The van der Waals surface area contributed by atoms with Crippen molar-refractivity contribution in [3.05, 3.63) is 28.9 Å². The minimum absolute atomic E-state index is 1.29. The molecule has 0 atom stereocenters. The summed E-state index contributed by atoms with van der Waals surface area (Å²) < 4.78 is 4.46. The molecule has 0 aromatic carbocycles. The van der Waals surface area contributed by atoms with E-state index in [1.165, 1.54) is 108 Å². The molecule has 0 bridgehead atoms. The first kappa shape index (κ1) is 24.2. The molecule has 0 fully saturated rings. The van der Waals surface area contributed by atoms with Crippen LogP contribution in [0.25, 0.3) is 0 Å². The van der Waals surface area contributed by atoms with E-state index >= 15 is 0 Å². The lowest BCUT2D eigenvalue weighted by molar-refractivity contribution is 0.538. The Hall–Kier alpha value is 0.970. The quantitative estimate of drug-likeness (QED) is 0.209. The van der Waals surface area contributed by atoms with Gasteiger partial charge in [-0.25, -0.2) is 0 Å². The minimum Gasteiger partial charge on any atom is -0.118 e. The molecule has 27 heavy (non-hydrogen) atoms. The second kappa shape index (κ2) is 16.7. The molecule has 0 aliphatic carbocycles. The predicted molar refractivity (Wildman–Crippen MR) is 137 cm³/mol. The summed E-state index contributed by atoms with van der Waals surface area (Å²) >= 11 is 9.69. The summed E-state index contributed by atoms with van der Waals surface area (Å²) in [4.78, 5) is 0. The summed E-state index contributed by atoms with van der Waals surface area (Å²) in [5, 5.41) is 6.72. The lowest BCUT2D eigenvalue weighted by Gasteiger charge is -2.04. The fourth-order valence-electron chi connectivity index (χ4n) is 3.17. The Morgan fingerprint density at radius 3 is 1.70 bits per heavy atom. The van der Waals surface area contributed by atoms with Gasteiger partial charge < -0.3 is 0 Å². The van der Waals surface area contributed by atoms with Gasteiger partial charge in [0.2, 0.25) is 0 Å². The second-order valence-corrected chi connectivity index (χ2v) is 12.9. The molecule has 154 valence electrons. The molecule has 0 spiro atoms. The largest absolute Gasteiger partial charge is 0.118 e. The number of unbranched alkanes of at least 4 members (excludes halogenated alkanes) is 13. The molecular weight excluding hydrogens is 425 g/mol. The van der Waals surface area contributed by atoms with Crippen LogP contribution in [0.3, 0.4) is 0 Å². The minimum atomic E-state index is 1.29. The van der Waals surface area contributed by atoms with Crippen LogP contribution in [0.5, 0.6) is 0 Å². The van der Waals surface area contributed by atoms with Gasteiger partial charge in [0.1, 0.15) is 0 Å². The van der Waals surface area contributed by atoms with Crippen LogP contribution in [0.4, 0.5) is 0 Å². The molecule has 2 rings (SSSR count). The zero-order valence-electron chi connectivity index (χ0n) is 16.9. The van der Waals surface area contributed by atoms with Crippen LogP contribution in [0, 0.1) is 0 Å². The zero-order chi connectivity index (χ0) is 19.0. The van der Waals surface area contributed by atoms with Crippen LogP contribution >= 0.6 is 58.8 Å². The Labute approximate surface area is 189 Å². The van der Waals surface area contributed by atoms with Gasteiger partial charge >= 0.3 is 0 Å². The van der Waals surface area contributed by atoms with Crippen molar-refractivity contribution in [1.82, 2.24) is 0 Å². The molecule has 0 radical (unpaired) electrons. The first-order valence-electron chi connectivity index (χ1n) is 10.8. The third-order valence-electron chi connectivity index (χ3n) is 4.77. The Kier molecular flexibility index (Phi) is 15.0. The molecule has 0 unspecified atom stereocenters. The summed E-state index contributed by atoms with van der Waals surface area (Å²) in [6, 6.07) is 0. The standard InChI is InChI=1S/C22H36S5/c1-2-3-4-5-6-7-8-9-10-11-12-13-14-15-16-23-20-19-26-22(27-20)21-24-17-18-25-21/h17-19H,2-16H2,1H3. The van der Waals surface area contributed by atoms with Gasteiger partial charge in [-0.1, -0.05) is 137 Å². The lowest BCUT2D eigenvalue weighted by atomic mass is 10.0. The van der Waals surface area contributed by atoms with Gasteiger partial charge in [-0.15, -0.1) is 11.8 Å². The van der Waals surface area contributed by atoms with Crippen molar-refractivity contribution in [2.45, 2.75) is 96.8 Å². The van der Waals surface area contributed by atoms with Crippen LogP contribution in [-0.2, 0) is 0 Å². The van der Waals surface area contributed by atoms with E-state index < -0.39 is 0 Å². The van der Waals surface area contributed by atoms with E-state index in [2.05, 4.69) is 34.9 Å². The van der Waals surface area contributed by atoms with Crippen LogP contribution in [-0.4, -0.2) is 5.75 Å². The first-order chi connectivity index (χ1) is 13.4. The van der Waals surface area contributed by atoms with Crippen molar-refractivity contribution in [3.63, 3.8) is 0 Å². The van der Waals surface area contributed by atoms with E-state index in [4.69, 9.17) is 0 Å². The maximum Gasteiger partial charge on any atom is 0.0705 e. The van der Waals surface area contributed by atoms with Crippen LogP contribution in [0.1, 0.15) is 96.8 Å². The molecule has 2 aliphatic heterocycles. The summed E-state index contributed by atoms with van der Waals surface area (Å²) in [6.07, 6.45) is 20.2. The average Bonchev–Trinajstić information content (AvgIpc) is 3.36. The van der Waals surface area contributed by atoms with E-state index in [1.54, 1.807) is 0 Å². The van der Waals surface area contributed by atoms with Crippen molar-refractivity contribution in [2.24, 2.45) is 0 Å². The molecule has 0 aromatic rings. The smallest absolute Gasteiger partial charge is 0.0705 e. The third kappa shape index (κ3) is 11.7. The summed E-state index contributed by atoms with van der Waals surface area (Å²) in [5.74, 6) is 1.29. The molecule has 0 nitrogen and oxygen atoms in total. The van der Waals surface area contributed by atoms with Crippen LogP contribution in [0.15, 0.2) is 28.9 Å². The lowest BCUT2D eigenvalue weighted by Crippen LogP contribution is -1.84. The van der Waals surface area contributed by atoms with Gasteiger partial charge in [0.25, 0.3) is 0 Å². The Morgan fingerprint density at radius 2 is 1.15 bits per heavy atom. The van der Waals surface area contributed by atoms with E-state index in [0.29, 0.717) is 0 Å². The zero-order valence-corrected chi connectivity index (χ0v) is 21.0. The van der Waals surface area contributed by atoms with E-state index in [1.807, 2.05) is 47.0 Å². The van der Waals surface area contributed by atoms with Gasteiger partial charge in [-0.2, -0.15) is 0 Å². The third-order valence-corrected chi connectivity index (χ3v) is 11.2. The van der Waals surface area contributed by atoms with E-state index in [0.717, 1.165) is 0 Å². The van der Waals surface area contributed by atoms with E-state index in [9.17, 15) is 0 Å². The highest BCUT2D eigenvalue weighted by molar-refractivity contribution is 8.37. The normalized spacial score (nSPS) is 16.6. The maximum absolute atomic E-state index is 2.35. The SMILES string of the molecule is CCCCCCCCCCCCCCCCSC1=CSC(=C2SC=CS2)S1. The topological polar surface area (TPSA) is 0 Å². The van der Waals surface area contributed by atoms with Gasteiger partial charge in [0, 0.05) is 0 Å². The maximum atomic E-state index is 2.35. The number of thioether (sulfide) groups is 5. The highest BCUT2D eigenvalue weighted by Crippen LogP contribution is 2.55. The molecule has 0 saturated carbocycles. The van der Waals surface area contributed by atoms with Crippen molar-refractivity contribution in [2.75, 3.05) is 5.75 Å². The molecule has 0 amide bonds. The van der Waals surface area contributed by atoms with Crippen molar-refractivity contribution in [1.29, 1.82) is 0 Å². The van der Waals surface area contributed by atoms with Gasteiger partial charge in [-0.05, 0) is 28.4 Å². The number of rotatable bonds is 16. The molecule has 0 N–H and O–H groups in total. The number of hydrogen-bond donors (Lipinski definition) is 0. The highest BCUT2D eigenvalue weighted by Gasteiger charge is 2.18. The van der Waals surface area contributed by atoms with Gasteiger partial charge in [-0.3, -0.25) is 0 Å². The van der Waals surface area contributed by atoms with Crippen molar-refractivity contribution >= 4 is 58.8 Å². The molecule has 0 aromatic heterocycles. The Morgan fingerprint density at radius 1 is 0.630 bits per heavy atom. The Balaban J connectivity index is 1.30. The average molecular weight is 461 g/mol. The van der Waals surface area contributed by atoms with Crippen molar-refractivity contribution < 1.29 is 0 Å². The first-order valence-corrected chi connectivity index (χ1v) is 15.2. The number of hydrogen-bond acceptors (Lipinski definition) is 5. The van der Waals surface area contributed by atoms with Crippen LogP contribution < -0.4 is 0 Å². The van der Waals surface area contributed by atoms with Crippen LogP contribution in [0.2, 0.25) is 0 Å². The predicted octanol–water partition coefficient (Wildman–Crippen LogP) is 10.6. The second-order valence-electron chi connectivity index (χ2n) is 7.18. The van der Waals surface area contributed by atoms with E-state index in [-0.39, 0.29) is 0 Å². The summed E-state index contributed by atoms with van der Waals surface area (Å²) in [6.45, 7) is 2.30. The van der Waals surface area contributed by atoms with Gasteiger partial charge in [0.05, 0.1) is 12.7 Å². The molecule has 0 saturated heterocycles. The van der Waals surface area contributed by atoms with Gasteiger partial charge in [0.15, 0.2) is 0 Å². The Bertz CT molecular complexity index is 471. The fraction of sp³-hybridized carbons (Fsp3) is 0.727.